The Bertz CT molecular complexity index is 387. The summed E-state index contributed by atoms with van der Waals surface area (Å²) in [6.07, 6.45) is -2.14. The van der Waals surface area contributed by atoms with Gasteiger partial charge in [-0.2, -0.15) is 0 Å². The topological polar surface area (TPSA) is 17.1 Å². The van der Waals surface area contributed by atoms with E-state index < -0.39 is 29.2 Å². The molecule has 13 heavy (non-hydrogen) atoms. The van der Waals surface area contributed by atoms with Gasteiger partial charge in [0.1, 0.15) is 11.6 Å². The maximum atomic E-state index is 12.9. The van der Waals surface area contributed by atoms with E-state index in [4.69, 9.17) is 0 Å². The molecule has 4 heteroatoms. The Labute approximate surface area is 72.2 Å². The third kappa shape index (κ3) is 1.05. The number of hydrogen-bond acceptors (Lipinski definition) is 1. The van der Waals surface area contributed by atoms with Gasteiger partial charge in [-0.1, -0.05) is 0 Å². The van der Waals surface area contributed by atoms with E-state index in [-0.39, 0.29) is 12.0 Å². The van der Waals surface area contributed by atoms with Crippen LogP contribution in [0.3, 0.4) is 0 Å². The maximum absolute atomic E-state index is 12.9. The molecule has 1 unspecified atom stereocenters. The third-order valence-corrected chi connectivity index (χ3v) is 2.12. The SMILES string of the molecule is O=C1c2c(F)ccc(F)c2CC1F. The first-order chi connectivity index (χ1) is 6.11. The molecule has 0 spiro atoms. The zero-order valence-corrected chi connectivity index (χ0v) is 6.48. The first kappa shape index (κ1) is 8.29. The van der Waals surface area contributed by atoms with Gasteiger partial charge in [0, 0.05) is 12.0 Å². The molecule has 0 heterocycles. The van der Waals surface area contributed by atoms with Crippen molar-refractivity contribution in [3.63, 3.8) is 0 Å². The van der Waals surface area contributed by atoms with Crippen LogP contribution in [0.1, 0.15) is 15.9 Å². The molecule has 0 saturated heterocycles. The zero-order valence-electron chi connectivity index (χ0n) is 6.48. The average molecular weight is 186 g/mol. The fourth-order valence-corrected chi connectivity index (χ4v) is 1.49. The van der Waals surface area contributed by atoms with Gasteiger partial charge < -0.3 is 0 Å². The highest BCUT2D eigenvalue weighted by Gasteiger charge is 2.35. The largest absolute Gasteiger partial charge is 0.291 e. The summed E-state index contributed by atoms with van der Waals surface area (Å²) in [5.41, 5.74) is -0.565. The summed E-state index contributed by atoms with van der Waals surface area (Å²) >= 11 is 0. The number of carbonyl (C=O) groups is 1. The van der Waals surface area contributed by atoms with Gasteiger partial charge in [-0.25, -0.2) is 13.2 Å². The number of alkyl halides is 1. The molecule has 0 aliphatic heterocycles. The number of rotatable bonds is 0. The van der Waals surface area contributed by atoms with Crippen LogP contribution in [0.4, 0.5) is 13.2 Å². The second-order valence-electron chi connectivity index (χ2n) is 2.92. The average Bonchev–Trinajstić information content (AvgIpc) is 2.38. The maximum Gasteiger partial charge on any atom is 0.200 e. The van der Waals surface area contributed by atoms with Gasteiger partial charge in [-0.15, -0.1) is 0 Å². The van der Waals surface area contributed by atoms with Crippen molar-refractivity contribution in [1.82, 2.24) is 0 Å². The van der Waals surface area contributed by atoms with Crippen LogP contribution in [-0.4, -0.2) is 12.0 Å². The molecule has 0 aromatic heterocycles. The highest BCUT2D eigenvalue weighted by atomic mass is 19.1. The lowest BCUT2D eigenvalue weighted by atomic mass is 10.1. The van der Waals surface area contributed by atoms with E-state index >= 15 is 0 Å². The quantitative estimate of drug-likeness (QED) is 0.606. The van der Waals surface area contributed by atoms with Crippen molar-refractivity contribution >= 4 is 5.78 Å². The minimum absolute atomic E-state index is 0.141. The van der Waals surface area contributed by atoms with Crippen molar-refractivity contribution in [2.75, 3.05) is 0 Å². The van der Waals surface area contributed by atoms with Gasteiger partial charge >= 0.3 is 0 Å². The highest BCUT2D eigenvalue weighted by molar-refractivity contribution is 6.04. The van der Waals surface area contributed by atoms with E-state index in [0.29, 0.717) is 0 Å². The minimum Gasteiger partial charge on any atom is -0.291 e. The van der Waals surface area contributed by atoms with Crippen LogP contribution in [0, 0.1) is 11.6 Å². The number of carbonyl (C=O) groups excluding carboxylic acids is 1. The fourth-order valence-electron chi connectivity index (χ4n) is 1.49. The van der Waals surface area contributed by atoms with Crippen LogP contribution in [0.2, 0.25) is 0 Å². The molecule has 2 rings (SSSR count). The molecular weight excluding hydrogens is 181 g/mol. The molecule has 1 aromatic rings. The summed E-state index contributed by atoms with van der Waals surface area (Å²) < 4.78 is 38.7. The first-order valence-electron chi connectivity index (χ1n) is 3.76. The van der Waals surface area contributed by atoms with Crippen molar-refractivity contribution in [2.45, 2.75) is 12.6 Å². The lowest BCUT2D eigenvalue weighted by Gasteiger charge is -1.98. The Morgan fingerprint density at radius 3 is 2.46 bits per heavy atom. The van der Waals surface area contributed by atoms with Gasteiger partial charge in [-0.05, 0) is 12.1 Å². The molecule has 0 fully saturated rings. The Hall–Kier alpha value is -1.32. The number of hydrogen-bond donors (Lipinski definition) is 0. The standard InChI is InChI=1S/C9H5F3O/c10-5-1-2-6(11)8-4(5)3-7(12)9(8)13/h1-2,7H,3H2. The van der Waals surface area contributed by atoms with Crippen molar-refractivity contribution in [3.05, 3.63) is 34.9 Å². The Balaban J connectivity index is 2.68. The van der Waals surface area contributed by atoms with E-state index in [2.05, 4.69) is 0 Å². The summed E-state index contributed by atoms with van der Waals surface area (Å²) in [5.74, 6) is -2.52. The van der Waals surface area contributed by atoms with Crippen LogP contribution in [0.15, 0.2) is 12.1 Å². The Kier molecular flexibility index (Phi) is 1.65. The molecule has 1 aromatic carbocycles. The molecule has 0 saturated carbocycles. The van der Waals surface area contributed by atoms with Gasteiger partial charge in [0.25, 0.3) is 0 Å². The van der Waals surface area contributed by atoms with Gasteiger partial charge in [0.05, 0.1) is 5.56 Å². The van der Waals surface area contributed by atoms with Gasteiger partial charge in [0.15, 0.2) is 6.17 Å². The van der Waals surface area contributed by atoms with Gasteiger partial charge in [-0.3, -0.25) is 4.79 Å². The van der Waals surface area contributed by atoms with E-state index in [1.165, 1.54) is 0 Å². The molecule has 1 nitrogen and oxygen atoms in total. The smallest absolute Gasteiger partial charge is 0.200 e. The molecule has 0 amide bonds. The summed E-state index contributed by atoms with van der Waals surface area (Å²) in [7, 11) is 0. The molecule has 1 atom stereocenters. The normalized spacial score (nSPS) is 20.5. The molecule has 1 aliphatic carbocycles. The third-order valence-electron chi connectivity index (χ3n) is 2.12. The summed E-state index contributed by atoms with van der Waals surface area (Å²) in [5, 5.41) is 0. The predicted octanol–water partition coefficient (Wildman–Crippen LogP) is 2.04. The number of ketones is 1. The fraction of sp³-hybridized carbons (Fsp3) is 0.222. The minimum atomic E-state index is -1.79. The summed E-state index contributed by atoms with van der Waals surface area (Å²) in [4.78, 5) is 11.0. The number of benzene rings is 1. The summed E-state index contributed by atoms with van der Waals surface area (Å²) in [6, 6.07) is 1.74. The van der Waals surface area contributed by atoms with Crippen molar-refractivity contribution in [2.24, 2.45) is 0 Å². The second kappa shape index (κ2) is 2.58. The molecule has 68 valence electrons. The predicted molar refractivity (Wildman–Crippen MR) is 39.3 cm³/mol. The molecule has 0 bridgehead atoms. The van der Waals surface area contributed by atoms with Crippen LogP contribution in [0.5, 0.6) is 0 Å². The van der Waals surface area contributed by atoms with E-state index in [1.807, 2.05) is 0 Å². The highest BCUT2D eigenvalue weighted by Crippen LogP contribution is 2.28. The van der Waals surface area contributed by atoms with Gasteiger partial charge in [0.2, 0.25) is 5.78 Å². The Morgan fingerprint density at radius 1 is 1.23 bits per heavy atom. The van der Waals surface area contributed by atoms with Crippen molar-refractivity contribution in [3.8, 4) is 0 Å². The van der Waals surface area contributed by atoms with Crippen molar-refractivity contribution in [1.29, 1.82) is 0 Å². The summed E-state index contributed by atoms with van der Waals surface area (Å²) in [6.45, 7) is 0. The lowest BCUT2D eigenvalue weighted by molar-refractivity contribution is 0.0895. The van der Waals surface area contributed by atoms with E-state index in [9.17, 15) is 18.0 Å². The second-order valence-corrected chi connectivity index (χ2v) is 2.92. The lowest BCUT2D eigenvalue weighted by Crippen LogP contribution is -2.09. The Morgan fingerprint density at radius 2 is 1.85 bits per heavy atom. The molecule has 0 N–H and O–H groups in total. The molecule has 1 aliphatic rings. The number of halogens is 3. The first-order valence-corrected chi connectivity index (χ1v) is 3.76. The zero-order chi connectivity index (χ0) is 9.59. The molecule has 0 radical (unpaired) electrons. The van der Waals surface area contributed by atoms with Crippen LogP contribution < -0.4 is 0 Å². The number of Topliss-reactive ketones (excluding diaryl/α,β-unsaturated/α-hetero) is 1. The van der Waals surface area contributed by atoms with Crippen LogP contribution in [0.25, 0.3) is 0 Å². The monoisotopic (exact) mass is 186 g/mol. The molecular formula is C9H5F3O. The number of fused-ring (bicyclic) bond motifs is 1. The van der Waals surface area contributed by atoms with Crippen LogP contribution >= 0.6 is 0 Å². The van der Waals surface area contributed by atoms with Crippen molar-refractivity contribution < 1.29 is 18.0 Å². The van der Waals surface area contributed by atoms with E-state index in [1.54, 1.807) is 0 Å². The van der Waals surface area contributed by atoms with Crippen LogP contribution in [-0.2, 0) is 6.42 Å². The van der Waals surface area contributed by atoms with E-state index in [0.717, 1.165) is 12.1 Å².